The largest absolute Gasteiger partial charge is 0.408 e. The summed E-state index contributed by atoms with van der Waals surface area (Å²) in [5.41, 5.74) is 50.5. The van der Waals surface area contributed by atoms with E-state index in [4.69, 9.17) is 0 Å². The third-order valence-electron chi connectivity index (χ3n) is 24.7. The summed E-state index contributed by atoms with van der Waals surface area (Å²) in [7, 11) is 0. The molecule has 0 N–H and O–H groups in total. The second-order valence-electron chi connectivity index (χ2n) is 32.3. The van der Waals surface area contributed by atoms with E-state index in [1.165, 1.54) is 183 Å². The number of pyridine rings is 3. The van der Waals surface area contributed by atoms with Gasteiger partial charge in [-0.25, -0.2) is 0 Å². The molecule has 0 saturated heterocycles. The van der Waals surface area contributed by atoms with Crippen molar-refractivity contribution in [2.24, 2.45) is 0 Å². The van der Waals surface area contributed by atoms with E-state index < -0.39 is 18.8 Å². The lowest BCUT2D eigenvalue weighted by Gasteiger charge is -2.39. The molecular formula is C99H96B3N3. The first-order valence-corrected chi connectivity index (χ1v) is 38.0. The van der Waals surface area contributed by atoms with E-state index in [0.29, 0.717) is 0 Å². The zero-order valence-corrected chi connectivity index (χ0v) is 64.8. The summed E-state index contributed by atoms with van der Waals surface area (Å²) < 4.78 is 8.06. The maximum atomic E-state index is 2.69. The molecule has 6 heterocycles. The number of nitrogens with zero attached hydrogens (tertiary/aromatic N) is 3. The zero-order valence-electron chi connectivity index (χ0n) is 64.8. The lowest BCUT2D eigenvalue weighted by atomic mass is 9.22. The summed E-state index contributed by atoms with van der Waals surface area (Å²) in [6.45, 7) is 41.5. The average Bonchev–Trinajstić information content (AvgIpc) is 1.57. The van der Waals surface area contributed by atoms with Gasteiger partial charge in [-0.15, -0.1) is 49.2 Å². The lowest BCUT2D eigenvalue weighted by molar-refractivity contribution is -0.524. The van der Waals surface area contributed by atoms with Crippen LogP contribution in [0.2, 0.25) is 0 Å². The molecule has 0 aliphatic carbocycles. The van der Waals surface area contributed by atoms with Gasteiger partial charge in [-0.05, 0) is 196 Å². The molecule has 0 amide bonds. The van der Waals surface area contributed by atoms with Gasteiger partial charge in [-0.3, -0.25) is 0 Å². The Labute approximate surface area is 624 Å². The maximum absolute atomic E-state index is 2.69. The Morgan fingerprint density at radius 1 is 0.200 bits per heavy atom. The number of aryl methyl sites for hydroxylation is 18. The van der Waals surface area contributed by atoms with Gasteiger partial charge in [0.15, 0.2) is 17.1 Å². The van der Waals surface area contributed by atoms with Crippen LogP contribution in [0, 0.1) is 125 Å². The van der Waals surface area contributed by atoms with Gasteiger partial charge in [0.05, 0.1) is 0 Å². The van der Waals surface area contributed by atoms with E-state index in [0.717, 1.165) is 33.4 Å². The summed E-state index contributed by atoms with van der Waals surface area (Å²) in [6, 6.07) is 77.7. The van der Waals surface area contributed by atoms with Gasteiger partial charge >= 0.3 is 18.8 Å². The number of rotatable bonds is 12. The van der Waals surface area contributed by atoms with Crippen LogP contribution in [0.5, 0.6) is 0 Å². The standard InChI is InChI=1S/C99H96B3N3/c1-61-43-67(7)94(68(8)44-61)100(95-69(9)45-62(2)46-70(95)10)88-28-22-19-25-85(88)91-40-37-79(58-103(91)100)31-34-82-55-83(35-32-80-38-41-92-86-26-20-23-29-89(86)101(104(92)59-80,96-71(11)47-63(3)48-72(96)12)97-73(13)49-64(4)50-74(97)14)57-84(56-82)36-33-81-39-42-93-87-27-21-24-30-90(87)102(105(93)60-81,98-75(15)51-65(5)52-76(98)16)99-77(17)53-66(6)54-78(99)18/h19-60H,1-18H3/b34-31+,35-32+,36-33+. The van der Waals surface area contributed by atoms with Gasteiger partial charge < -0.3 is 13.4 Å². The third kappa shape index (κ3) is 10.7. The van der Waals surface area contributed by atoms with Crippen LogP contribution in [0.15, 0.2) is 219 Å². The fourth-order valence-corrected chi connectivity index (χ4v) is 22.2. The monoisotopic (exact) mass is 1360 g/mol. The molecule has 10 aromatic carbocycles. The number of benzene rings is 10. The number of hydrogen-bond acceptors (Lipinski definition) is 0. The Hall–Kier alpha value is -10.9. The molecule has 0 fully saturated rings. The molecule has 3 aromatic heterocycles. The van der Waals surface area contributed by atoms with E-state index >= 15 is 0 Å². The van der Waals surface area contributed by atoms with Crippen molar-refractivity contribution < 1.29 is 13.4 Å². The van der Waals surface area contributed by atoms with Gasteiger partial charge in [0.2, 0.25) is 0 Å². The van der Waals surface area contributed by atoms with E-state index in [1.807, 2.05) is 0 Å². The van der Waals surface area contributed by atoms with Gasteiger partial charge in [-0.2, -0.15) is 0 Å². The summed E-state index contributed by atoms with van der Waals surface area (Å²) >= 11 is 0. The molecular weight excluding hydrogens is 1260 g/mol. The van der Waals surface area contributed by atoms with Crippen LogP contribution in [0.25, 0.3) is 70.2 Å². The Bertz CT molecular complexity index is 5070. The number of aromatic nitrogens is 3. The predicted molar refractivity (Wildman–Crippen MR) is 454 cm³/mol. The fourth-order valence-electron chi connectivity index (χ4n) is 22.2. The van der Waals surface area contributed by atoms with E-state index in [9.17, 15) is 0 Å². The van der Waals surface area contributed by atoms with Crippen molar-refractivity contribution in [1.29, 1.82) is 0 Å². The highest BCUT2D eigenvalue weighted by Crippen LogP contribution is 2.34. The van der Waals surface area contributed by atoms with Gasteiger partial charge in [-0.1, -0.05) is 264 Å². The molecule has 0 spiro atoms. The van der Waals surface area contributed by atoms with E-state index in [1.54, 1.807) is 0 Å². The molecule has 516 valence electrons. The Morgan fingerprint density at radius 2 is 0.381 bits per heavy atom. The fraction of sp³-hybridized carbons (Fsp3) is 0.182. The van der Waals surface area contributed by atoms with Gasteiger partial charge in [0, 0.05) is 51.6 Å². The molecule has 3 aliphatic heterocycles. The SMILES string of the molecule is Cc1cc(C)c([B-]2(c3c(C)cc(C)cc3C)c3ccccc3-c3ccc(/C=C/c4cc(/C=C/c5ccc6[n+](c5)[B-](c5c(C)cc(C)cc5C)(c5c(C)cc(C)cc5C)c5ccccc5-6)cc(/C=C/c5ccc6[n+](c5)[B-](c5c(C)cc(C)cc5C)(c5c(C)cc(C)cc5C)c5ccccc5-6)c4)c[n+]32)c(C)c1. The minimum Gasteiger partial charge on any atom is -0.408 e. The van der Waals surface area contributed by atoms with Crippen molar-refractivity contribution >= 4 is 104 Å². The quantitative estimate of drug-likeness (QED) is 0.108. The average molecular weight is 1360 g/mol. The molecule has 16 rings (SSSR count). The molecule has 0 saturated carbocycles. The van der Waals surface area contributed by atoms with Crippen LogP contribution >= 0.6 is 0 Å². The topological polar surface area (TPSA) is 11.6 Å². The van der Waals surface area contributed by atoms with Crippen LogP contribution in [-0.2, 0) is 0 Å². The summed E-state index contributed by atoms with van der Waals surface area (Å²) in [6.07, 6.45) is 16.3. The van der Waals surface area contributed by atoms with Crippen molar-refractivity contribution in [3.05, 3.63) is 352 Å². The molecule has 0 bridgehead atoms. The summed E-state index contributed by atoms with van der Waals surface area (Å²) in [5.74, 6) is 0. The molecule has 3 nitrogen and oxygen atoms in total. The molecule has 13 aromatic rings. The summed E-state index contributed by atoms with van der Waals surface area (Å²) in [5, 5.41) is 0. The first kappa shape index (κ1) is 68.5. The second-order valence-corrected chi connectivity index (χ2v) is 32.3. The van der Waals surface area contributed by atoms with Gasteiger partial charge in [0.25, 0.3) is 0 Å². The molecule has 0 unspecified atom stereocenters. The maximum Gasteiger partial charge on any atom is 0.362 e. The first-order chi connectivity index (χ1) is 50.4. The van der Waals surface area contributed by atoms with Crippen molar-refractivity contribution in [1.82, 2.24) is 0 Å². The number of fused-ring (bicyclic) bond motifs is 9. The molecule has 6 heteroatoms. The van der Waals surface area contributed by atoms with Crippen molar-refractivity contribution in [2.45, 2.75) is 125 Å². The minimum absolute atomic E-state index is 1.12. The van der Waals surface area contributed by atoms with Crippen LogP contribution in [-0.4, -0.2) is 18.8 Å². The van der Waals surface area contributed by atoms with E-state index in [2.05, 4.69) is 393 Å². The highest BCUT2D eigenvalue weighted by Gasteiger charge is 2.55. The molecule has 0 radical (unpaired) electrons. The van der Waals surface area contributed by atoms with E-state index in [-0.39, 0.29) is 0 Å². The van der Waals surface area contributed by atoms with Crippen LogP contribution in [0.1, 0.15) is 134 Å². The second kappa shape index (κ2) is 25.7. The summed E-state index contributed by atoms with van der Waals surface area (Å²) in [4.78, 5) is 0. The lowest BCUT2D eigenvalue weighted by Crippen LogP contribution is -2.84. The van der Waals surface area contributed by atoms with Crippen LogP contribution in [0.3, 0.4) is 0 Å². The first-order valence-electron chi connectivity index (χ1n) is 38.0. The highest BCUT2D eigenvalue weighted by molar-refractivity contribution is 7.09. The third-order valence-corrected chi connectivity index (χ3v) is 24.7. The number of hydrogen-bond donors (Lipinski definition) is 0. The van der Waals surface area contributed by atoms with Gasteiger partial charge in [0.1, 0.15) is 18.6 Å². The highest BCUT2D eigenvalue weighted by atomic mass is 15.0. The molecule has 105 heavy (non-hydrogen) atoms. The minimum atomic E-state index is -1.70. The van der Waals surface area contributed by atoms with Crippen LogP contribution < -0.4 is 62.6 Å². The molecule has 3 aliphatic rings. The smallest absolute Gasteiger partial charge is 0.362 e. The zero-order chi connectivity index (χ0) is 73.4. The van der Waals surface area contributed by atoms with Crippen molar-refractivity contribution in [3.63, 3.8) is 0 Å². The normalized spacial score (nSPS) is 14.1. The Balaban J connectivity index is 0.877. The Morgan fingerprint density at radius 3 is 0.581 bits per heavy atom. The van der Waals surface area contributed by atoms with Crippen molar-refractivity contribution in [3.8, 4) is 33.8 Å². The molecule has 0 atom stereocenters. The predicted octanol–water partition coefficient (Wildman–Crippen LogP) is 16.1. The van der Waals surface area contributed by atoms with Crippen molar-refractivity contribution in [2.75, 3.05) is 0 Å². The Kier molecular flexibility index (Phi) is 16.8. The van der Waals surface area contributed by atoms with Crippen LogP contribution in [0.4, 0.5) is 0 Å².